The molecule has 1 aromatic heterocycles. The summed E-state index contributed by atoms with van der Waals surface area (Å²) in [4.78, 5) is 4.70. The second-order valence-electron chi connectivity index (χ2n) is 6.49. The van der Waals surface area contributed by atoms with Crippen molar-refractivity contribution in [1.82, 2.24) is 25.4 Å². The zero-order valence-electron chi connectivity index (χ0n) is 14.7. The summed E-state index contributed by atoms with van der Waals surface area (Å²) in [6.45, 7) is 5.59. The number of guanidine groups is 1. The van der Waals surface area contributed by atoms with Crippen LogP contribution in [0.5, 0.6) is 0 Å². The molecule has 1 atom stereocenters. The van der Waals surface area contributed by atoms with Gasteiger partial charge in [0, 0.05) is 13.6 Å². The van der Waals surface area contributed by atoms with Gasteiger partial charge in [-0.1, -0.05) is 30.3 Å². The molecule has 0 spiro atoms. The molecular formula is C18H26N6. The van der Waals surface area contributed by atoms with E-state index in [9.17, 15) is 0 Å². The molecule has 0 aliphatic heterocycles. The van der Waals surface area contributed by atoms with Crippen LogP contribution in [0.2, 0.25) is 0 Å². The Kier molecular flexibility index (Phi) is 5.13. The Balaban J connectivity index is 1.67. The van der Waals surface area contributed by atoms with Gasteiger partial charge in [0.1, 0.15) is 12.4 Å². The van der Waals surface area contributed by atoms with Gasteiger partial charge in [-0.15, -0.1) is 10.2 Å². The van der Waals surface area contributed by atoms with Crippen molar-refractivity contribution in [3.63, 3.8) is 0 Å². The summed E-state index contributed by atoms with van der Waals surface area (Å²) in [5, 5.41) is 15.2. The fraction of sp³-hybridized carbons (Fsp3) is 0.500. The lowest BCUT2D eigenvalue weighted by Gasteiger charge is -2.18. The molecule has 6 nitrogen and oxygen atoms in total. The highest BCUT2D eigenvalue weighted by molar-refractivity contribution is 5.80. The van der Waals surface area contributed by atoms with Crippen LogP contribution in [0.25, 0.3) is 0 Å². The summed E-state index contributed by atoms with van der Waals surface area (Å²) in [5.74, 6) is 3.39. The lowest BCUT2D eigenvalue weighted by Crippen LogP contribution is -2.39. The highest BCUT2D eigenvalue weighted by Crippen LogP contribution is 2.27. The Morgan fingerprint density at radius 2 is 2.04 bits per heavy atom. The number of hydrogen-bond acceptors (Lipinski definition) is 3. The second-order valence-corrected chi connectivity index (χ2v) is 6.49. The van der Waals surface area contributed by atoms with Crippen molar-refractivity contribution in [2.45, 2.75) is 39.3 Å². The lowest BCUT2D eigenvalue weighted by atomic mass is 10.1. The molecule has 2 aromatic rings. The molecule has 1 unspecified atom stereocenters. The second kappa shape index (κ2) is 7.47. The van der Waals surface area contributed by atoms with Gasteiger partial charge in [-0.25, -0.2) is 4.99 Å². The normalized spacial score (nSPS) is 16.0. The molecule has 128 valence electrons. The Bertz CT molecular complexity index is 687. The fourth-order valence-electron chi connectivity index (χ4n) is 2.48. The Labute approximate surface area is 143 Å². The van der Waals surface area contributed by atoms with Crippen molar-refractivity contribution in [2.24, 2.45) is 18.0 Å². The predicted octanol–water partition coefficient (Wildman–Crippen LogP) is 2.33. The van der Waals surface area contributed by atoms with Gasteiger partial charge in [0.25, 0.3) is 0 Å². The topological polar surface area (TPSA) is 67.1 Å². The van der Waals surface area contributed by atoms with Gasteiger partial charge in [-0.05, 0) is 38.2 Å². The Morgan fingerprint density at radius 1 is 1.29 bits per heavy atom. The van der Waals surface area contributed by atoms with E-state index in [2.05, 4.69) is 52.0 Å². The molecular weight excluding hydrogens is 300 g/mol. The van der Waals surface area contributed by atoms with Gasteiger partial charge in [0.05, 0.1) is 6.04 Å². The number of rotatable bonds is 6. The van der Waals surface area contributed by atoms with E-state index in [0.29, 0.717) is 6.54 Å². The zero-order valence-corrected chi connectivity index (χ0v) is 14.7. The number of hydrogen-bond donors (Lipinski definition) is 2. The van der Waals surface area contributed by atoms with Gasteiger partial charge in [-0.2, -0.15) is 0 Å². The maximum absolute atomic E-state index is 4.70. The van der Waals surface area contributed by atoms with Crippen LogP contribution in [0.15, 0.2) is 35.3 Å². The first kappa shape index (κ1) is 16.5. The minimum absolute atomic E-state index is 0.192. The number of benzene rings is 1. The SMILES string of the molecule is Cc1nnc(CN=C(NCC2CC2)NC(C)c2ccccc2)n1C. The largest absolute Gasteiger partial charge is 0.356 e. The van der Waals surface area contributed by atoms with E-state index in [4.69, 9.17) is 4.99 Å². The van der Waals surface area contributed by atoms with Crippen LogP contribution in [-0.4, -0.2) is 27.3 Å². The monoisotopic (exact) mass is 326 g/mol. The van der Waals surface area contributed by atoms with Crippen molar-refractivity contribution < 1.29 is 0 Å². The van der Waals surface area contributed by atoms with Gasteiger partial charge in [0.2, 0.25) is 0 Å². The van der Waals surface area contributed by atoms with Crippen molar-refractivity contribution in [1.29, 1.82) is 0 Å². The van der Waals surface area contributed by atoms with E-state index in [0.717, 1.165) is 30.1 Å². The van der Waals surface area contributed by atoms with Gasteiger partial charge < -0.3 is 15.2 Å². The Morgan fingerprint density at radius 3 is 2.67 bits per heavy atom. The quantitative estimate of drug-likeness (QED) is 0.631. The summed E-state index contributed by atoms with van der Waals surface area (Å²) >= 11 is 0. The summed E-state index contributed by atoms with van der Waals surface area (Å²) in [6.07, 6.45) is 2.63. The van der Waals surface area contributed by atoms with Crippen molar-refractivity contribution in [2.75, 3.05) is 6.54 Å². The minimum Gasteiger partial charge on any atom is -0.356 e. The number of nitrogens with one attached hydrogen (secondary N) is 2. The van der Waals surface area contributed by atoms with Crippen molar-refractivity contribution in [3.05, 3.63) is 47.5 Å². The highest BCUT2D eigenvalue weighted by atomic mass is 15.3. The molecule has 1 aromatic carbocycles. The van der Waals surface area contributed by atoms with E-state index < -0.39 is 0 Å². The maximum atomic E-state index is 4.70. The first-order valence-electron chi connectivity index (χ1n) is 8.58. The average molecular weight is 326 g/mol. The molecule has 1 saturated carbocycles. The van der Waals surface area contributed by atoms with Crippen LogP contribution in [0, 0.1) is 12.8 Å². The molecule has 1 fully saturated rings. The number of aromatic nitrogens is 3. The van der Waals surface area contributed by atoms with Gasteiger partial charge in [-0.3, -0.25) is 0 Å². The van der Waals surface area contributed by atoms with Gasteiger partial charge in [0.15, 0.2) is 11.8 Å². The predicted molar refractivity (Wildman–Crippen MR) is 95.6 cm³/mol. The van der Waals surface area contributed by atoms with E-state index in [-0.39, 0.29) is 6.04 Å². The van der Waals surface area contributed by atoms with Crippen molar-refractivity contribution >= 4 is 5.96 Å². The molecule has 24 heavy (non-hydrogen) atoms. The van der Waals surface area contributed by atoms with Crippen LogP contribution in [0.3, 0.4) is 0 Å². The highest BCUT2D eigenvalue weighted by Gasteiger charge is 2.21. The molecule has 1 aliphatic rings. The summed E-state index contributed by atoms with van der Waals surface area (Å²) in [6, 6.07) is 10.6. The summed E-state index contributed by atoms with van der Waals surface area (Å²) in [7, 11) is 1.97. The van der Waals surface area contributed by atoms with E-state index in [1.54, 1.807) is 0 Å². The maximum Gasteiger partial charge on any atom is 0.192 e. The number of aryl methyl sites for hydroxylation is 1. The minimum atomic E-state index is 0.192. The van der Waals surface area contributed by atoms with E-state index in [1.807, 2.05) is 24.6 Å². The first-order chi connectivity index (χ1) is 11.6. The fourth-order valence-corrected chi connectivity index (χ4v) is 2.48. The molecule has 6 heteroatoms. The lowest BCUT2D eigenvalue weighted by molar-refractivity contribution is 0.662. The molecule has 0 radical (unpaired) electrons. The van der Waals surface area contributed by atoms with Crippen LogP contribution in [0.1, 0.15) is 43.0 Å². The van der Waals surface area contributed by atoms with Gasteiger partial charge >= 0.3 is 0 Å². The third-order valence-corrected chi connectivity index (χ3v) is 4.47. The standard InChI is InChI=1S/C18H26N6/c1-13(16-7-5-4-6-8-16)21-18(19-11-15-9-10-15)20-12-17-23-22-14(2)24(17)3/h4-8,13,15H,9-12H2,1-3H3,(H2,19,20,21). The molecule has 0 saturated heterocycles. The number of nitrogens with zero attached hydrogens (tertiary/aromatic N) is 4. The molecule has 0 amide bonds. The van der Waals surface area contributed by atoms with E-state index >= 15 is 0 Å². The third kappa shape index (κ3) is 4.34. The average Bonchev–Trinajstić information content (AvgIpc) is 3.38. The van der Waals surface area contributed by atoms with E-state index in [1.165, 1.54) is 18.4 Å². The molecule has 2 N–H and O–H groups in total. The van der Waals surface area contributed by atoms with Crippen LogP contribution in [0.4, 0.5) is 0 Å². The number of aliphatic imine (C=N–C) groups is 1. The summed E-state index contributed by atoms with van der Waals surface area (Å²) in [5.41, 5.74) is 1.24. The third-order valence-electron chi connectivity index (χ3n) is 4.47. The summed E-state index contributed by atoms with van der Waals surface area (Å²) < 4.78 is 1.97. The van der Waals surface area contributed by atoms with Crippen LogP contribution in [-0.2, 0) is 13.6 Å². The smallest absolute Gasteiger partial charge is 0.192 e. The molecule has 1 aliphatic carbocycles. The van der Waals surface area contributed by atoms with Crippen LogP contribution >= 0.6 is 0 Å². The zero-order chi connectivity index (χ0) is 16.9. The van der Waals surface area contributed by atoms with Crippen LogP contribution < -0.4 is 10.6 Å². The van der Waals surface area contributed by atoms with Crippen molar-refractivity contribution in [3.8, 4) is 0 Å². The first-order valence-corrected chi connectivity index (χ1v) is 8.58. The molecule has 1 heterocycles. The Hall–Kier alpha value is -2.37. The molecule has 0 bridgehead atoms. The molecule has 3 rings (SSSR count).